The second kappa shape index (κ2) is 6.36. The summed E-state index contributed by atoms with van der Waals surface area (Å²) < 4.78 is 0. The fraction of sp³-hybridized carbons (Fsp3) is 0.778. The molecule has 6 nitrogen and oxygen atoms in total. The Labute approximate surface area is 88.9 Å². The Balaban J connectivity index is 4.16. The monoisotopic (exact) mass is 218 g/mol. The minimum atomic E-state index is -1.02. The molecule has 0 amide bonds. The molecule has 0 heterocycles. The van der Waals surface area contributed by atoms with E-state index in [9.17, 15) is 9.59 Å². The Morgan fingerprint density at radius 3 is 2.20 bits per heavy atom. The van der Waals surface area contributed by atoms with Gasteiger partial charge in [0.25, 0.3) is 0 Å². The summed E-state index contributed by atoms with van der Waals surface area (Å²) in [5.41, 5.74) is 0. The molecule has 0 aromatic carbocycles. The molecule has 0 rings (SSSR count). The van der Waals surface area contributed by atoms with Crippen molar-refractivity contribution in [2.24, 2.45) is 0 Å². The molecule has 88 valence electrons. The smallest absolute Gasteiger partial charge is 0.320 e. The molecule has 2 unspecified atom stereocenters. The topological polar surface area (TPSA) is 89.9 Å². The van der Waals surface area contributed by atoms with Gasteiger partial charge in [0.1, 0.15) is 6.04 Å². The van der Waals surface area contributed by atoms with E-state index in [-0.39, 0.29) is 19.0 Å². The van der Waals surface area contributed by atoms with Crippen molar-refractivity contribution in [3.05, 3.63) is 0 Å². The molecular formula is C9H18N2O4. The Hall–Kier alpha value is -1.14. The molecule has 0 saturated heterocycles. The van der Waals surface area contributed by atoms with Gasteiger partial charge < -0.3 is 10.2 Å². The van der Waals surface area contributed by atoms with E-state index in [1.165, 1.54) is 0 Å². The van der Waals surface area contributed by atoms with E-state index in [0.29, 0.717) is 0 Å². The first-order valence-electron chi connectivity index (χ1n) is 4.71. The molecule has 0 aromatic heterocycles. The summed E-state index contributed by atoms with van der Waals surface area (Å²) in [4.78, 5) is 22.9. The number of hydrogen-bond donors (Lipinski definition) is 3. The molecule has 15 heavy (non-hydrogen) atoms. The first-order chi connectivity index (χ1) is 6.84. The average Bonchev–Trinajstić information content (AvgIpc) is 2.10. The largest absolute Gasteiger partial charge is 0.481 e. The van der Waals surface area contributed by atoms with Crippen LogP contribution in [0.5, 0.6) is 0 Å². The average molecular weight is 218 g/mol. The lowest BCUT2D eigenvalue weighted by Crippen LogP contribution is -2.48. The van der Waals surface area contributed by atoms with E-state index in [4.69, 9.17) is 10.2 Å². The van der Waals surface area contributed by atoms with Gasteiger partial charge in [0.15, 0.2) is 0 Å². The van der Waals surface area contributed by atoms with Crippen molar-refractivity contribution >= 4 is 11.9 Å². The highest BCUT2D eigenvalue weighted by Gasteiger charge is 2.20. The molecule has 0 radical (unpaired) electrons. The van der Waals surface area contributed by atoms with Crippen LogP contribution in [0, 0.1) is 0 Å². The molecule has 0 aliphatic carbocycles. The lowest BCUT2D eigenvalue weighted by Gasteiger charge is -2.25. The van der Waals surface area contributed by atoms with Crippen molar-refractivity contribution in [1.29, 1.82) is 0 Å². The van der Waals surface area contributed by atoms with Crippen LogP contribution in [-0.4, -0.2) is 53.4 Å². The molecule has 0 spiro atoms. The number of nitrogens with zero attached hydrogens (tertiary/aromatic N) is 1. The third-order valence-electron chi connectivity index (χ3n) is 2.16. The summed E-state index contributed by atoms with van der Waals surface area (Å²) >= 11 is 0. The molecule has 2 atom stereocenters. The van der Waals surface area contributed by atoms with Crippen molar-refractivity contribution in [1.82, 2.24) is 10.2 Å². The van der Waals surface area contributed by atoms with Crippen LogP contribution >= 0.6 is 0 Å². The number of carboxylic acid groups (broad SMARTS) is 2. The third-order valence-corrected chi connectivity index (χ3v) is 2.16. The predicted molar refractivity (Wildman–Crippen MR) is 54.6 cm³/mol. The molecule has 0 aromatic rings. The summed E-state index contributed by atoms with van der Waals surface area (Å²) in [7, 11) is 3.63. The van der Waals surface area contributed by atoms with Gasteiger partial charge in [-0.15, -0.1) is 0 Å². The summed E-state index contributed by atoms with van der Waals surface area (Å²) in [5.74, 6) is -2.01. The Kier molecular flexibility index (Phi) is 5.88. The van der Waals surface area contributed by atoms with Gasteiger partial charge in [-0.05, 0) is 27.4 Å². The maximum atomic E-state index is 10.8. The van der Waals surface area contributed by atoms with Crippen LogP contribution in [0.4, 0.5) is 0 Å². The number of aliphatic carboxylic acids is 2. The fourth-order valence-corrected chi connectivity index (χ4v) is 0.986. The molecule has 0 aliphatic rings. The van der Waals surface area contributed by atoms with Gasteiger partial charge in [-0.25, -0.2) is 0 Å². The van der Waals surface area contributed by atoms with Gasteiger partial charge in [0.05, 0.1) is 6.17 Å². The molecule has 6 heteroatoms. The third kappa shape index (κ3) is 6.03. The molecule has 0 bridgehead atoms. The molecule has 3 N–H and O–H groups in total. The van der Waals surface area contributed by atoms with Crippen LogP contribution in [0.3, 0.4) is 0 Å². The molecule has 0 aliphatic heterocycles. The molecular weight excluding hydrogens is 200 g/mol. The van der Waals surface area contributed by atoms with Crippen LogP contribution in [0.15, 0.2) is 0 Å². The standard InChI is InChI=1S/C9H18N2O4/c1-6(11(2)3)10-7(9(14)15)4-5-8(12)13/h6-7,10H,4-5H2,1-3H3,(H,12,13)(H,14,15). The number of hydrogen-bond acceptors (Lipinski definition) is 4. The SMILES string of the molecule is CC(NC(CCC(=O)O)C(=O)O)N(C)C. The highest BCUT2D eigenvalue weighted by Crippen LogP contribution is 2.00. The Morgan fingerprint density at radius 2 is 1.87 bits per heavy atom. The maximum Gasteiger partial charge on any atom is 0.320 e. The van der Waals surface area contributed by atoms with Gasteiger partial charge in [-0.1, -0.05) is 0 Å². The zero-order valence-electron chi connectivity index (χ0n) is 9.23. The van der Waals surface area contributed by atoms with Crippen LogP contribution in [0.1, 0.15) is 19.8 Å². The fourth-order valence-electron chi connectivity index (χ4n) is 0.986. The van der Waals surface area contributed by atoms with Gasteiger partial charge in [0, 0.05) is 6.42 Å². The van der Waals surface area contributed by atoms with Crippen molar-refractivity contribution in [2.75, 3.05) is 14.1 Å². The van der Waals surface area contributed by atoms with E-state index < -0.39 is 18.0 Å². The van der Waals surface area contributed by atoms with Crippen molar-refractivity contribution in [3.8, 4) is 0 Å². The van der Waals surface area contributed by atoms with Crippen molar-refractivity contribution < 1.29 is 19.8 Å². The minimum Gasteiger partial charge on any atom is -0.481 e. The van der Waals surface area contributed by atoms with Gasteiger partial charge >= 0.3 is 11.9 Å². The second-order valence-electron chi connectivity index (χ2n) is 3.63. The normalized spacial score (nSPS) is 14.9. The first-order valence-corrected chi connectivity index (χ1v) is 4.71. The van der Waals surface area contributed by atoms with E-state index in [0.717, 1.165) is 0 Å². The molecule has 0 saturated carbocycles. The summed E-state index contributed by atoms with van der Waals surface area (Å²) in [6.45, 7) is 1.82. The summed E-state index contributed by atoms with van der Waals surface area (Å²) in [6, 6.07) is -0.821. The Bertz CT molecular complexity index is 230. The highest BCUT2D eigenvalue weighted by molar-refractivity contribution is 5.75. The summed E-state index contributed by atoms with van der Waals surface area (Å²) in [5, 5.41) is 20.1. The lowest BCUT2D eigenvalue weighted by atomic mass is 10.1. The van der Waals surface area contributed by atoms with Gasteiger partial charge in [0.2, 0.25) is 0 Å². The van der Waals surface area contributed by atoms with E-state index in [1.807, 2.05) is 25.9 Å². The highest BCUT2D eigenvalue weighted by atomic mass is 16.4. The van der Waals surface area contributed by atoms with Gasteiger partial charge in [-0.3, -0.25) is 19.8 Å². The Morgan fingerprint density at radius 1 is 1.33 bits per heavy atom. The predicted octanol–water partition coefficient (Wildman–Crippen LogP) is -0.198. The lowest BCUT2D eigenvalue weighted by molar-refractivity contribution is -0.141. The van der Waals surface area contributed by atoms with E-state index in [2.05, 4.69) is 5.32 Å². The number of carbonyl (C=O) groups is 2. The zero-order chi connectivity index (χ0) is 12.0. The van der Waals surface area contributed by atoms with Crippen molar-refractivity contribution in [3.63, 3.8) is 0 Å². The quantitative estimate of drug-likeness (QED) is 0.513. The van der Waals surface area contributed by atoms with E-state index in [1.54, 1.807) is 0 Å². The number of carboxylic acids is 2. The summed E-state index contributed by atoms with van der Waals surface area (Å²) in [6.07, 6.45) is -0.174. The van der Waals surface area contributed by atoms with Crippen molar-refractivity contribution in [2.45, 2.75) is 32.0 Å². The number of rotatable bonds is 7. The first kappa shape index (κ1) is 13.9. The molecule has 0 fully saturated rings. The van der Waals surface area contributed by atoms with Crippen LogP contribution < -0.4 is 5.32 Å². The second-order valence-corrected chi connectivity index (χ2v) is 3.63. The minimum absolute atomic E-state index is 0.0862. The van der Waals surface area contributed by atoms with Gasteiger partial charge in [-0.2, -0.15) is 0 Å². The van der Waals surface area contributed by atoms with Crippen LogP contribution in [0.25, 0.3) is 0 Å². The number of nitrogens with one attached hydrogen (secondary N) is 1. The zero-order valence-corrected chi connectivity index (χ0v) is 9.23. The van der Waals surface area contributed by atoms with E-state index >= 15 is 0 Å². The maximum absolute atomic E-state index is 10.8. The van der Waals surface area contributed by atoms with Crippen LogP contribution in [-0.2, 0) is 9.59 Å². The van der Waals surface area contributed by atoms with Crippen LogP contribution in [0.2, 0.25) is 0 Å².